The zero-order valence-corrected chi connectivity index (χ0v) is 9.21. The smallest absolute Gasteiger partial charge is 0.356 e. The summed E-state index contributed by atoms with van der Waals surface area (Å²) in [6.07, 6.45) is 0.508. The Morgan fingerprint density at radius 3 is 2.59 bits per heavy atom. The zero-order valence-electron chi connectivity index (χ0n) is 9.21. The van der Waals surface area contributed by atoms with Crippen molar-refractivity contribution in [3.8, 4) is 5.75 Å². The monoisotopic (exact) mass is 239 g/mol. The van der Waals surface area contributed by atoms with Gasteiger partial charge >= 0.3 is 5.97 Å². The van der Waals surface area contributed by atoms with E-state index in [4.69, 9.17) is 14.9 Å². The van der Waals surface area contributed by atoms with Crippen LogP contribution < -0.4 is 10.2 Å². The maximum Gasteiger partial charge on any atom is 0.356 e. The van der Waals surface area contributed by atoms with Crippen molar-refractivity contribution in [2.75, 3.05) is 13.7 Å². The number of carbonyl (C=O) groups excluding carboxylic acids is 1. The quantitative estimate of drug-likeness (QED) is 0.530. The van der Waals surface area contributed by atoms with Crippen LogP contribution in [0, 0.1) is 0 Å². The Labute approximate surface area is 98.0 Å². The molecular weight excluding hydrogens is 226 g/mol. The van der Waals surface area contributed by atoms with Crippen LogP contribution in [0.1, 0.15) is 10.4 Å². The van der Waals surface area contributed by atoms with Crippen LogP contribution in [0.15, 0.2) is 36.3 Å². The minimum absolute atomic E-state index is 0.168. The van der Waals surface area contributed by atoms with Gasteiger partial charge in [0.25, 0.3) is 0 Å². The summed E-state index contributed by atoms with van der Waals surface area (Å²) in [6, 6.07) is 6.35. The lowest BCUT2D eigenvalue weighted by Crippen LogP contribution is -2.22. The van der Waals surface area contributed by atoms with Crippen molar-refractivity contribution in [3.05, 3.63) is 41.9 Å². The maximum atomic E-state index is 11.4. The van der Waals surface area contributed by atoms with E-state index in [1.807, 2.05) is 0 Å². The van der Waals surface area contributed by atoms with E-state index in [-0.39, 0.29) is 12.3 Å². The molecule has 1 aromatic rings. The topological polar surface area (TPSA) is 88.0 Å². The van der Waals surface area contributed by atoms with E-state index < -0.39 is 5.97 Å². The average molecular weight is 239 g/mol. The van der Waals surface area contributed by atoms with Gasteiger partial charge < -0.3 is 19.8 Å². The number of methoxy groups -OCH3 is 1. The Hall–Kier alpha value is -2.21. The highest BCUT2D eigenvalue weighted by Crippen LogP contribution is 2.11. The Bertz CT molecular complexity index is 399. The molecule has 0 saturated carbocycles. The molecule has 1 rings (SSSR count). The van der Waals surface area contributed by atoms with E-state index in [9.17, 15) is 4.79 Å². The molecule has 0 aliphatic heterocycles. The number of benzene rings is 1. The molecule has 3 N–H and O–H groups in total. The lowest BCUT2D eigenvalue weighted by atomic mass is 10.2. The van der Waals surface area contributed by atoms with Crippen LogP contribution >= 0.6 is 0 Å². The Kier molecular flexibility index (Phi) is 4.83. The number of hydroxylamine groups is 1. The molecule has 6 nitrogen and oxygen atoms in total. The number of ether oxygens (including phenoxy) is 1. The van der Waals surface area contributed by atoms with Gasteiger partial charge in [0, 0.05) is 0 Å². The normalized spacial score (nSPS) is 11.0. The van der Waals surface area contributed by atoms with Crippen molar-refractivity contribution >= 4 is 5.97 Å². The first-order valence-corrected chi connectivity index (χ1v) is 4.77. The van der Waals surface area contributed by atoms with Gasteiger partial charge in [-0.25, -0.2) is 4.79 Å². The van der Waals surface area contributed by atoms with Gasteiger partial charge in [0.15, 0.2) is 0 Å². The van der Waals surface area contributed by atoms with Crippen molar-refractivity contribution in [1.82, 2.24) is 5.48 Å². The molecule has 0 spiro atoms. The number of hydrogen-bond acceptors (Lipinski definition) is 6. The van der Waals surface area contributed by atoms with E-state index in [0.29, 0.717) is 17.6 Å². The van der Waals surface area contributed by atoms with Gasteiger partial charge in [-0.3, -0.25) is 0 Å². The molecule has 17 heavy (non-hydrogen) atoms. The first kappa shape index (κ1) is 12.9. The summed E-state index contributed by atoms with van der Waals surface area (Å²) in [4.78, 5) is 16.1. The van der Waals surface area contributed by atoms with E-state index in [1.54, 1.807) is 24.3 Å². The van der Waals surface area contributed by atoms with Gasteiger partial charge in [0.05, 0.1) is 19.2 Å². The Morgan fingerprint density at radius 1 is 1.41 bits per heavy atom. The molecule has 0 aliphatic carbocycles. The number of aliphatic hydroxyl groups is 2. The van der Waals surface area contributed by atoms with Crippen molar-refractivity contribution in [3.63, 3.8) is 0 Å². The van der Waals surface area contributed by atoms with Crippen molar-refractivity contribution < 1.29 is 24.6 Å². The van der Waals surface area contributed by atoms with Crippen molar-refractivity contribution in [2.24, 2.45) is 0 Å². The van der Waals surface area contributed by atoms with E-state index in [0.717, 1.165) is 0 Å². The van der Waals surface area contributed by atoms with Crippen LogP contribution in [-0.4, -0.2) is 29.8 Å². The molecule has 0 aromatic heterocycles. The lowest BCUT2D eigenvalue weighted by molar-refractivity contribution is 0.0253. The highest BCUT2D eigenvalue weighted by Gasteiger charge is 2.07. The third kappa shape index (κ3) is 4.04. The van der Waals surface area contributed by atoms with Crippen LogP contribution in [0.3, 0.4) is 0 Å². The summed E-state index contributed by atoms with van der Waals surface area (Å²) < 4.78 is 4.94. The number of rotatable bonds is 5. The van der Waals surface area contributed by atoms with Crippen LogP contribution in [0.4, 0.5) is 0 Å². The fourth-order valence-electron chi connectivity index (χ4n) is 1.01. The van der Waals surface area contributed by atoms with Gasteiger partial charge in [0.1, 0.15) is 17.8 Å². The number of aliphatic hydroxyl groups excluding tert-OH is 2. The van der Waals surface area contributed by atoms with E-state index in [2.05, 4.69) is 10.3 Å². The molecule has 0 atom stereocenters. The fourth-order valence-corrected chi connectivity index (χ4v) is 1.01. The van der Waals surface area contributed by atoms with Gasteiger partial charge in [-0.15, -0.1) is 5.48 Å². The summed E-state index contributed by atoms with van der Waals surface area (Å²) in [6.45, 7) is -0.168. The van der Waals surface area contributed by atoms with Crippen LogP contribution in [0.2, 0.25) is 0 Å². The summed E-state index contributed by atoms with van der Waals surface area (Å²) in [5.74, 6) is -0.304. The van der Waals surface area contributed by atoms with Crippen LogP contribution in [-0.2, 0) is 4.84 Å². The summed E-state index contributed by atoms with van der Waals surface area (Å²) in [7, 11) is 1.53. The fraction of sp³-hybridized carbons (Fsp3) is 0.182. The molecule has 6 heteroatoms. The van der Waals surface area contributed by atoms with Crippen LogP contribution in [0.5, 0.6) is 5.75 Å². The van der Waals surface area contributed by atoms with Gasteiger partial charge in [-0.1, -0.05) is 0 Å². The molecule has 0 radical (unpaired) electrons. The molecule has 0 heterocycles. The molecule has 92 valence electrons. The first-order chi connectivity index (χ1) is 8.17. The second-order valence-electron chi connectivity index (χ2n) is 3.06. The van der Waals surface area contributed by atoms with E-state index in [1.165, 1.54) is 7.11 Å². The second-order valence-corrected chi connectivity index (χ2v) is 3.06. The Balaban J connectivity index is 2.46. The molecule has 0 saturated heterocycles. The first-order valence-electron chi connectivity index (χ1n) is 4.77. The summed E-state index contributed by atoms with van der Waals surface area (Å²) in [5, 5.41) is 17.2. The minimum atomic E-state index is -0.599. The number of carbonyl (C=O) groups is 1. The Morgan fingerprint density at radius 2 is 2.06 bits per heavy atom. The highest BCUT2D eigenvalue weighted by atomic mass is 16.7. The summed E-state index contributed by atoms with van der Waals surface area (Å²) >= 11 is 0. The molecule has 0 unspecified atom stereocenters. The van der Waals surface area contributed by atoms with Gasteiger partial charge in [0.2, 0.25) is 0 Å². The highest BCUT2D eigenvalue weighted by molar-refractivity contribution is 5.89. The lowest BCUT2D eigenvalue weighted by Gasteiger charge is -2.05. The number of nitrogens with one attached hydrogen (secondary N) is 1. The second kappa shape index (κ2) is 6.39. The summed E-state index contributed by atoms with van der Waals surface area (Å²) in [5.41, 5.74) is 2.54. The molecule has 1 aromatic carbocycles. The SMILES string of the molecule is COc1ccc(C(=O)ONC/C(O)=C/O)cc1. The van der Waals surface area contributed by atoms with Crippen LogP contribution in [0.25, 0.3) is 0 Å². The molecule has 0 bridgehead atoms. The van der Waals surface area contributed by atoms with Gasteiger partial charge in [-0.2, -0.15) is 0 Å². The third-order valence-electron chi connectivity index (χ3n) is 1.89. The molecule has 0 aliphatic rings. The number of hydrogen-bond donors (Lipinski definition) is 3. The zero-order chi connectivity index (χ0) is 12.7. The standard InChI is InChI=1S/C11H13NO5/c1-16-10-4-2-8(3-5-10)11(15)17-12-6-9(14)7-13/h2-5,7,12-14H,6H2,1H3/b9-7-. The predicted molar refractivity (Wildman–Crippen MR) is 59.8 cm³/mol. The van der Waals surface area contributed by atoms with E-state index >= 15 is 0 Å². The van der Waals surface area contributed by atoms with Crippen molar-refractivity contribution in [1.29, 1.82) is 0 Å². The maximum absolute atomic E-state index is 11.4. The molecular formula is C11H13NO5. The largest absolute Gasteiger partial charge is 0.512 e. The molecule has 0 fully saturated rings. The predicted octanol–water partition coefficient (Wildman–Crippen LogP) is 1.31. The van der Waals surface area contributed by atoms with Gasteiger partial charge in [-0.05, 0) is 24.3 Å². The van der Waals surface area contributed by atoms with Crippen molar-refractivity contribution in [2.45, 2.75) is 0 Å². The average Bonchev–Trinajstić information content (AvgIpc) is 2.38. The third-order valence-corrected chi connectivity index (χ3v) is 1.89. The minimum Gasteiger partial charge on any atom is -0.512 e. The molecule has 0 amide bonds.